The molecule has 29 heavy (non-hydrogen) atoms. The number of carbonyl (C=O) groups is 3. The van der Waals surface area contributed by atoms with E-state index in [2.05, 4.69) is 14.9 Å². The average Bonchev–Trinajstić information content (AvgIpc) is 2.85. The second kappa shape index (κ2) is 8.24. The molecule has 12 nitrogen and oxygen atoms in total. The van der Waals surface area contributed by atoms with Crippen molar-refractivity contribution in [1.29, 1.82) is 5.41 Å². The topological polar surface area (TPSA) is 169 Å². The fourth-order valence-corrected chi connectivity index (χ4v) is 4.63. The van der Waals surface area contributed by atoms with Crippen molar-refractivity contribution in [3.8, 4) is 0 Å². The highest BCUT2D eigenvalue weighted by Gasteiger charge is 2.48. The summed E-state index contributed by atoms with van der Waals surface area (Å²) in [7, 11) is -4.83. The summed E-state index contributed by atoms with van der Waals surface area (Å²) in [6.45, 7) is 1.59. The highest BCUT2D eigenvalue weighted by molar-refractivity contribution is 7.80. The molecule has 3 aliphatic rings. The van der Waals surface area contributed by atoms with Gasteiger partial charge in [0.1, 0.15) is 5.84 Å². The standard InChI is InChI=1S/C16H25N5O7S/c1-9(22)18-11-4-2-10(3-5-11)15(23)19-14(17)13-7-6-12-8-20(13)16(24)21(12)28-29(25,26)27/h10-13H,2-8H2,1H3,(H,18,22)(H2,17,19,23)(H,25,26,27)/t10?,11?,12-,13+/m1/s1. The second-order valence-corrected chi connectivity index (χ2v) is 8.67. The molecule has 0 aromatic heterocycles. The molecule has 2 heterocycles. The number of carbonyl (C=O) groups excluding carboxylic acids is 3. The monoisotopic (exact) mass is 431 g/mol. The van der Waals surface area contributed by atoms with Gasteiger partial charge in [0.2, 0.25) is 11.8 Å². The summed E-state index contributed by atoms with van der Waals surface area (Å²) in [4.78, 5) is 37.3. The molecular formula is C16H25N5O7S. The number of amides is 4. The number of nitrogens with zero attached hydrogens (tertiary/aromatic N) is 2. The summed E-state index contributed by atoms with van der Waals surface area (Å²) in [5.41, 5.74) is 0. The van der Waals surface area contributed by atoms with Gasteiger partial charge in [-0.05, 0) is 38.5 Å². The molecule has 3 fully saturated rings. The van der Waals surface area contributed by atoms with Gasteiger partial charge in [0.25, 0.3) is 0 Å². The highest BCUT2D eigenvalue weighted by atomic mass is 32.3. The first-order valence-electron chi connectivity index (χ1n) is 9.48. The van der Waals surface area contributed by atoms with Crippen molar-refractivity contribution in [2.45, 2.75) is 63.6 Å². The van der Waals surface area contributed by atoms with Crippen molar-refractivity contribution in [1.82, 2.24) is 20.6 Å². The van der Waals surface area contributed by atoms with E-state index in [1.807, 2.05) is 0 Å². The summed E-state index contributed by atoms with van der Waals surface area (Å²) in [6.07, 6.45) is 3.27. The van der Waals surface area contributed by atoms with Crippen LogP contribution in [0.2, 0.25) is 0 Å². The minimum Gasteiger partial charge on any atom is -0.354 e. The van der Waals surface area contributed by atoms with Gasteiger partial charge in [-0.2, -0.15) is 13.5 Å². The molecule has 2 saturated heterocycles. The van der Waals surface area contributed by atoms with Gasteiger partial charge in [0, 0.05) is 25.4 Å². The van der Waals surface area contributed by atoms with Gasteiger partial charge in [0.15, 0.2) is 0 Å². The zero-order chi connectivity index (χ0) is 21.3. The van der Waals surface area contributed by atoms with Crippen LogP contribution in [-0.2, 0) is 24.3 Å². The molecule has 3 rings (SSSR count). The van der Waals surface area contributed by atoms with Gasteiger partial charge in [-0.3, -0.25) is 19.6 Å². The second-order valence-electron chi connectivity index (χ2n) is 7.66. The van der Waals surface area contributed by atoms with Crippen LogP contribution in [0.5, 0.6) is 0 Å². The molecule has 4 amide bonds. The normalized spacial score (nSPS) is 29.5. The first-order chi connectivity index (χ1) is 13.5. The molecule has 0 aromatic carbocycles. The van der Waals surface area contributed by atoms with E-state index in [0.29, 0.717) is 43.6 Å². The number of nitrogens with one attached hydrogen (secondary N) is 3. The molecule has 13 heteroatoms. The maximum Gasteiger partial charge on any atom is 0.418 e. The maximum absolute atomic E-state index is 12.5. The first-order valence-corrected chi connectivity index (χ1v) is 10.8. The Labute approximate surface area is 168 Å². The van der Waals surface area contributed by atoms with E-state index in [9.17, 15) is 22.8 Å². The zero-order valence-corrected chi connectivity index (χ0v) is 16.8. The van der Waals surface area contributed by atoms with E-state index in [4.69, 9.17) is 9.96 Å². The summed E-state index contributed by atoms with van der Waals surface area (Å²) in [6, 6.07) is -1.96. The summed E-state index contributed by atoms with van der Waals surface area (Å²) < 4.78 is 35.1. The molecule has 0 unspecified atom stereocenters. The van der Waals surface area contributed by atoms with E-state index in [0.717, 1.165) is 0 Å². The van der Waals surface area contributed by atoms with Crippen LogP contribution in [0.15, 0.2) is 0 Å². The predicted molar refractivity (Wildman–Crippen MR) is 98.8 cm³/mol. The predicted octanol–water partition coefficient (Wildman–Crippen LogP) is -0.222. The van der Waals surface area contributed by atoms with Crippen molar-refractivity contribution in [2.75, 3.05) is 6.54 Å². The number of hydrogen-bond acceptors (Lipinski definition) is 7. The molecule has 0 radical (unpaired) electrons. The van der Waals surface area contributed by atoms with Crippen LogP contribution in [0, 0.1) is 11.3 Å². The third kappa shape index (κ3) is 5.03. The zero-order valence-electron chi connectivity index (χ0n) is 16.0. The van der Waals surface area contributed by atoms with E-state index in [1.54, 1.807) is 0 Å². The Morgan fingerprint density at radius 2 is 1.83 bits per heavy atom. The van der Waals surface area contributed by atoms with Crippen LogP contribution < -0.4 is 10.6 Å². The smallest absolute Gasteiger partial charge is 0.354 e. The Kier molecular flexibility index (Phi) is 6.10. The van der Waals surface area contributed by atoms with Gasteiger partial charge >= 0.3 is 16.4 Å². The van der Waals surface area contributed by atoms with E-state index in [-0.39, 0.29) is 36.2 Å². The van der Waals surface area contributed by atoms with Gasteiger partial charge in [-0.25, -0.2) is 4.79 Å². The number of hydroxylamine groups is 2. The van der Waals surface area contributed by atoms with Crippen molar-refractivity contribution < 1.29 is 31.6 Å². The number of amidine groups is 1. The Balaban J connectivity index is 1.54. The molecule has 1 aliphatic carbocycles. The molecule has 4 N–H and O–H groups in total. The molecule has 0 aromatic rings. The summed E-state index contributed by atoms with van der Waals surface area (Å²) in [5.74, 6) is -0.793. The third-order valence-corrected chi connectivity index (χ3v) is 5.94. The third-order valence-electron chi connectivity index (χ3n) is 5.59. The van der Waals surface area contributed by atoms with Crippen molar-refractivity contribution in [3.63, 3.8) is 0 Å². The number of rotatable bonds is 5. The van der Waals surface area contributed by atoms with Gasteiger partial charge in [0.05, 0.1) is 12.1 Å². The SMILES string of the molecule is CC(=O)NC1CCC(C(=O)NC(=N)[C@@H]2CC[C@@H]3CN2C(=O)N3OS(=O)(=O)O)CC1. The van der Waals surface area contributed by atoms with Crippen LogP contribution in [-0.4, -0.2) is 71.3 Å². The lowest BCUT2D eigenvalue weighted by Crippen LogP contribution is -2.52. The van der Waals surface area contributed by atoms with E-state index >= 15 is 0 Å². The Morgan fingerprint density at radius 3 is 2.41 bits per heavy atom. The largest absolute Gasteiger partial charge is 0.418 e. The fourth-order valence-electron chi connectivity index (χ4n) is 4.24. The number of urea groups is 1. The minimum atomic E-state index is -4.83. The number of hydrogen-bond donors (Lipinski definition) is 4. The molecule has 2 bridgehead atoms. The van der Waals surface area contributed by atoms with E-state index in [1.165, 1.54) is 11.8 Å². The Bertz CT molecular complexity index is 808. The van der Waals surface area contributed by atoms with E-state index < -0.39 is 28.5 Å². The number of piperidine rings is 1. The number of fused-ring (bicyclic) bond motifs is 2. The molecule has 2 aliphatic heterocycles. The van der Waals surface area contributed by atoms with Gasteiger partial charge < -0.3 is 15.5 Å². The lowest BCUT2D eigenvalue weighted by molar-refractivity contribution is -0.124. The van der Waals surface area contributed by atoms with Crippen molar-refractivity contribution >= 4 is 34.1 Å². The van der Waals surface area contributed by atoms with Crippen LogP contribution in [0.25, 0.3) is 0 Å². The molecule has 2 atom stereocenters. The first kappa shape index (κ1) is 21.5. The lowest BCUT2D eigenvalue weighted by atomic mass is 9.85. The molecule has 162 valence electrons. The molecule has 1 saturated carbocycles. The molecule has 0 spiro atoms. The lowest BCUT2D eigenvalue weighted by Gasteiger charge is -2.32. The van der Waals surface area contributed by atoms with Crippen LogP contribution >= 0.6 is 0 Å². The quantitative estimate of drug-likeness (QED) is 0.265. The molecular weight excluding hydrogens is 406 g/mol. The fraction of sp³-hybridized carbons (Fsp3) is 0.750. The summed E-state index contributed by atoms with van der Waals surface area (Å²) in [5, 5.41) is 14.3. The van der Waals surface area contributed by atoms with Crippen LogP contribution in [0.1, 0.15) is 45.4 Å². The maximum atomic E-state index is 12.5. The van der Waals surface area contributed by atoms with Gasteiger partial charge in [-0.1, -0.05) is 0 Å². The van der Waals surface area contributed by atoms with Gasteiger partial charge in [-0.15, -0.1) is 4.28 Å². The minimum absolute atomic E-state index is 0.0577. The van der Waals surface area contributed by atoms with Crippen molar-refractivity contribution in [3.05, 3.63) is 0 Å². The van der Waals surface area contributed by atoms with Crippen LogP contribution in [0.3, 0.4) is 0 Å². The average molecular weight is 431 g/mol. The summed E-state index contributed by atoms with van der Waals surface area (Å²) >= 11 is 0. The highest BCUT2D eigenvalue weighted by Crippen LogP contribution is 2.31. The Hall–Kier alpha value is -2.25. The van der Waals surface area contributed by atoms with Crippen molar-refractivity contribution in [2.24, 2.45) is 5.92 Å². The van der Waals surface area contributed by atoms with Crippen LogP contribution in [0.4, 0.5) is 4.79 Å². The Morgan fingerprint density at radius 1 is 1.17 bits per heavy atom.